The van der Waals surface area contributed by atoms with E-state index < -0.39 is 0 Å². The summed E-state index contributed by atoms with van der Waals surface area (Å²) in [5, 5.41) is 7.98. The van der Waals surface area contributed by atoms with E-state index in [1.165, 1.54) is 0 Å². The summed E-state index contributed by atoms with van der Waals surface area (Å²) < 4.78 is 1.85. The number of carbonyl (C=O) groups excluding carboxylic acids is 1. The van der Waals surface area contributed by atoms with E-state index in [0.29, 0.717) is 5.56 Å². The summed E-state index contributed by atoms with van der Waals surface area (Å²) in [5.74, 6) is -0.0863. The Bertz CT molecular complexity index is 1170. The maximum absolute atomic E-state index is 12.8. The maximum atomic E-state index is 12.8. The molecule has 1 aliphatic heterocycles. The molecule has 0 aliphatic carbocycles. The van der Waals surface area contributed by atoms with Crippen LogP contribution in [0.4, 0.5) is 5.69 Å². The summed E-state index contributed by atoms with van der Waals surface area (Å²) in [5.41, 5.74) is 5.21. The van der Waals surface area contributed by atoms with Crippen LogP contribution in [0.1, 0.15) is 22.1 Å². The fraction of sp³-hybridized carbons (Fsp3) is 0.0870. The van der Waals surface area contributed by atoms with E-state index in [0.717, 1.165) is 28.2 Å². The Kier molecular flexibility index (Phi) is 4.09. The molecule has 0 bridgehead atoms. The summed E-state index contributed by atoms with van der Waals surface area (Å²) in [6.45, 7) is 0. The number of nitrogens with zero attached hydrogens (tertiary/aromatic N) is 4. The molecule has 0 saturated carbocycles. The van der Waals surface area contributed by atoms with Crippen LogP contribution in [-0.2, 0) is 0 Å². The van der Waals surface area contributed by atoms with Crippen LogP contribution in [-0.4, -0.2) is 27.7 Å². The normalized spacial score (nSPS) is 15.7. The number of para-hydroxylation sites is 2. The number of nitrogens with one attached hydrogen (secondary N) is 1. The van der Waals surface area contributed by atoms with Gasteiger partial charge in [0.05, 0.1) is 22.6 Å². The van der Waals surface area contributed by atoms with Crippen molar-refractivity contribution in [1.29, 1.82) is 0 Å². The molecule has 2 aromatic heterocycles. The molecule has 6 heteroatoms. The quantitative estimate of drug-likeness (QED) is 0.586. The van der Waals surface area contributed by atoms with E-state index in [2.05, 4.69) is 15.2 Å². The number of anilines is 1. The number of benzene rings is 2. The van der Waals surface area contributed by atoms with Crippen molar-refractivity contribution in [2.45, 2.75) is 6.17 Å². The lowest BCUT2D eigenvalue weighted by molar-refractivity contribution is 0.0928. The van der Waals surface area contributed by atoms with Crippen LogP contribution in [0, 0.1) is 0 Å². The van der Waals surface area contributed by atoms with Crippen LogP contribution in [0.25, 0.3) is 16.9 Å². The molecule has 1 N–H and O–H groups in total. The number of fused-ring (bicyclic) bond motifs is 1. The topological polar surface area (TPSA) is 63.1 Å². The van der Waals surface area contributed by atoms with Crippen molar-refractivity contribution in [3.05, 3.63) is 96.4 Å². The van der Waals surface area contributed by atoms with Gasteiger partial charge in [-0.15, -0.1) is 0 Å². The lowest BCUT2D eigenvalue weighted by atomic mass is 10.0. The Hall–Kier alpha value is -3.93. The Labute approximate surface area is 168 Å². The van der Waals surface area contributed by atoms with Crippen molar-refractivity contribution < 1.29 is 4.79 Å². The summed E-state index contributed by atoms with van der Waals surface area (Å²) in [4.78, 5) is 19.0. The molecule has 0 radical (unpaired) electrons. The first kappa shape index (κ1) is 17.2. The van der Waals surface area contributed by atoms with Crippen molar-refractivity contribution in [1.82, 2.24) is 20.1 Å². The fourth-order valence-electron chi connectivity index (χ4n) is 3.73. The second kappa shape index (κ2) is 6.91. The van der Waals surface area contributed by atoms with Crippen molar-refractivity contribution in [3.8, 4) is 16.9 Å². The van der Waals surface area contributed by atoms with Gasteiger partial charge in [-0.1, -0.05) is 30.3 Å². The van der Waals surface area contributed by atoms with Gasteiger partial charge in [0.15, 0.2) is 0 Å². The zero-order valence-electron chi connectivity index (χ0n) is 15.9. The number of carbonyl (C=O) groups is 1. The highest BCUT2D eigenvalue weighted by Gasteiger charge is 2.32. The lowest BCUT2D eigenvalue weighted by Crippen LogP contribution is -2.44. The zero-order valence-corrected chi connectivity index (χ0v) is 15.9. The minimum absolute atomic E-state index is 0.0863. The Morgan fingerprint density at radius 2 is 1.66 bits per heavy atom. The third kappa shape index (κ3) is 2.95. The average Bonchev–Trinajstić information content (AvgIpc) is 3.23. The van der Waals surface area contributed by atoms with Crippen molar-refractivity contribution in [2.24, 2.45) is 0 Å². The summed E-state index contributed by atoms with van der Waals surface area (Å²) in [7, 11) is 1.99. The predicted molar refractivity (Wildman–Crippen MR) is 112 cm³/mol. The standard InChI is InChI=1S/C23H19N5O/c1-27-20-10-6-5-9-18(20)23(29)25-22(27)19-15-28(17-7-3-2-4-8-17)26-21(19)16-11-13-24-14-12-16/h2-15,22H,1H3,(H,25,29). The molecule has 1 aliphatic rings. The van der Waals surface area contributed by atoms with Gasteiger partial charge in [0.2, 0.25) is 0 Å². The molecule has 1 unspecified atom stereocenters. The Morgan fingerprint density at radius 1 is 0.931 bits per heavy atom. The monoisotopic (exact) mass is 381 g/mol. The van der Waals surface area contributed by atoms with Gasteiger partial charge in [0.25, 0.3) is 5.91 Å². The highest BCUT2D eigenvalue weighted by atomic mass is 16.2. The second-order valence-corrected chi connectivity index (χ2v) is 6.95. The molecular formula is C23H19N5O. The Balaban J connectivity index is 1.66. The van der Waals surface area contributed by atoms with Gasteiger partial charge >= 0.3 is 0 Å². The van der Waals surface area contributed by atoms with Crippen molar-refractivity contribution >= 4 is 11.6 Å². The molecule has 0 fully saturated rings. The first-order valence-corrected chi connectivity index (χ1v) is 9.40. The lowest BCUT2D eigenvalue weighted by Gasteiger charge is -2.36. The molecule has 29 heavy (non-hydrogen) atoms. The predicted octanol–water partition coefficient (Wildman–Crippen LogP) is 3.81. The van der Waals surface area contributed by atoms with Crippen LogP contribution < -0.4 is 10.2 Å². The van der Waals surface area contributed by atoms with E-state index in [1.54, 1.807) is 12.4 Å². The third-order valence-electron chi connectivity index (χ3n) is 5.20. The number of hydrogen-bond donors (Lipinski definition) is 1. The molecule has 0 spiro atoms. The average molecular weight is 381 g/mol. The van der Waals surface area contributed by atoms with Crippen LogP contribution in [0.15, 0.2) is 85.3 Å². The number of pyridine rings is 1. The SMILES string of the molecule is CN1c2ccccc2C(=O)NC1c1cn(-c2ccccc2)nc1-c1ccncc1. The van der Waals surface area contributed by atoms with Crippen LogP contribution in [0.2, 0.25) is 0 Å². The number of rotatable bonds is 3. The second-order valence-electron chi connectivity index (χ2n) is 6.95. The first-order chi connectivity index (χ1) is 14.2. The van der Waals surface area contributed by atoms with Gasteiger partial charge in [0, 0.05) is 36.8 Å². The number of amides is 1. The highest BCUT2D eigenvalue weighted by molar-refractivity contribution is 6.02. The summed E-state index contributed by atoms with van der Waals surface area (Å²) in [6, 6.07) is 21.4. The third-order valence-corrected chi connectivity index (χ3v) is 5.20. The molecule has 4 aromatic rings. The number of aromatic nitrogens is 3. The van der Waals surface area contributed by atoms with E-state index >= 15 is 0 Å². The van der Waals surface area contributed by atoms with Crippen LogP contribution >= 0.6 is 0 Å². The zero-order chi connectivity index (χ0) is 19.8. The molecule has 2 aromatic carbocycles. The smallest absolute Gasteiger partial charge is 0.255 e. The van der Waals surface area contributed by atoms with E-state index in [1.807, 2.05) is 84.7 Å². The van der Waals surface area contributed by atoms with Gasteiger partial charge in [-0.2, -0.15) is 5.10 Å². The van der Waals surface area contributed by atoms with E-state index in [9.17, 15) is 4.79 Å². The van der Waals surface area contributed by atoms with Crippen LogP contribution in [0.3, 0.4) is 0 Å². The Morgan fingerprint density at radius 3 is 2.45 bits per heavy atom. The number of hydrogen-bond acceptors (Lipinski definition) is 4. The molecule has 5 rings (SSSR count). The molecule has 0 saturated heterocycles. The van der Waals surface area contributed by atoms with Gasteiger partial charge in [-0.05, 0) is 36.4 Å². The van der Waals surface area contributed by atoms with Gasteiger partial charge in [-0.3, -0.25) is 9.78 Å². The minimum atomic E-state index is -0.335. The van der Waals surface area contributed by atoms with Crippen LogP contribution in [0.5, 0.6) is 0 Å². The van der Waals surface area contributed by atoms with Crippen molar-refractivity contribution in [2.75, 3.05) is 11.9 Å². The maximum Gasteiger partial charge on any atom is 0.255 e. The van der Waals surface area contributed by atoms with Crippen molar-refractivity contribution in [3.63, 3.8) is 0 Å². The highest BCUT2D eigenvalue weighted by Crippen LogP contribution is 2.35. The first-order valence-electron chi connectivity index (χ1n) is 9.40. The molecule has 1 amide bonds. The van der Waals surface area contributed by atoms with E-state index in [-0.39, 0.29) is 12.1 Å². The summed E-state index contributed by atoms with van der Waals surface area (Å²) >= 11 is 0. The van der Waals surface area contributed by atoms with Gasteiger partial charge in [0.1, 0.15) is 6.17 Å². The van der Waals surface area contributed by atoms with E-state index in [4.69, 9.17) is 5.10 Å². The largest absolute Gasteiger partial charge is 0.350 e. The molecule has 142 valence electrons. The summed E-state index contributed by atoms with van der Waals surface area (Å²) in [6.07, 6.45) is 5.15. The van der Waals surface area contributed by atoms with Gasteiger partial charge in [-0.25, -0.2) is 4.68 Å². The minimum Gasteiger partial charge on any atom is -0.350 e. The molecule has 6 nitrogen and oxygen atoms in total. The molecular weight excluding hydrogens is 362 g/mol. The molecule has 1 atom stereocenters. The van der Waals surface area contributed by atoms with Gasteiger partial charge < -0.3 is 10.2 Å². The molecule has 3 heterocycles. The fourth-order valence-corrected chi connectivity index (χ4v) is 3.73.